The molecule has 0 spiro atoms. The van der Waals surface area contributed by atoms with Gasteiger partial charge in [0.15, 0.2) is 0 Å². The number of pyridine rings is 1. The minimum Gasteiger partial charge on any atom is -0.317 e. The third-order valence-corrected chi connectivity index (χ3v) is 4.66. The molecule has 1 N–H and O–H groups in total. The van der Waals surface area contributed by atoms with Crippen LogP contribution in [0.2, 0.25) is 0 Å². The predicted octanol–water partition coefficient (Wildman–Crippen LogP) is 4.77. The monoisotopic (exact) mass is 349 g/mol. The van der Waals surface area contributed by atoms with Crippen LogP contribution in [0.3, 0.4) is 0 Å². The van der Waals surface area contributed by atoms with Crippen molar-refractivity contribution in [2.24, 2.45) is 0 Å². The lowest BCUT2D eigenvalue weighted by atomic mass is 10.1. The van der Waals surface area contributed by atoms with Crippen LogP contribution in [-0.4, -0.2) is 28.2 Å². The van der Waals surface area contributed by atoms with Gasteiger partial charge in [-0.1, -0.05) is 11.8 Å². The van der Waals surface area contributed by atoms with Crippen molar-refractivity contribution in [2.45, 2.75) is 29.5 Å². The molecule has 7 heteroatoms. The van der Waals surface area contributed by atoms with Crippen molar-refractivity contribution in [3.8, 4) is 0 Å². The molecule has 1 saturated heterocycles. The van der Waals surface area contributed by atoms with Crippen molar-refractivity contribution in [3.05, 3.63) is 54.4 Å². The smallest absolute Gasteiger partial charge is 0.317 e. The topological polar surface area (TPSA) is 45.2 Å². The molecule has 1 aromatic carbocycles. The lowest BCUT2D eigenvalue weighted by molar-refractivity contribution is 0.207. The maximum atomic E-state index is 12.5. The van der Waals surface area contributed by atoms with Crippen LogP contribution in [0.5, 0.6) is 0 Å². The van der Waals surface area contributed by atoms with Crippen molar-refractivity contribution < 1.29 is 13.6 Å². The van der Waals surface area contributed by atoms with Gasteiger partial charge in [-0.2, -0.15) is 8.78 Å². The highest BCUT2D eigenvalue weighted by Gasteiger charge is 2.29. The second-order valence-corrected chi connectivity index (χ2v) is 6.53. The van der Waals surface area contributed by atoms with Crippen molar-refractivity contribution in [3.63, 3.8) is 0 Å². The maximum Gasteiger partial charge on any atom is 0.322 e. The van der Waals surface area contributed by atoms with Gasteiger partial charge < -0.3 is 10.2 Å². The van der Waals surface area contributed by atoms with E-state index in [1.165, 1.54) is 0 Å². The van der Waals surface area contributed by atoms with Crippen LogP contribution in [0.15, 0.2) is 53.7 Å². The van der Waals surface area contributed by atoms with Gasteiger partial charge >= 0.3 is 6.03 Å². The number of aromatic nitrogens is 1. The Bertz CT molecular complexity index is 682. The Labute approximate surface area is 143 Å². The molecule has 1 fully saturated rings. The predicted molar refractivity (Wildman–Crippen MR) is 90.2 cm³/mol. The van der Waals surface area contributed by atoms with E-state index in [-0.39, 0.29) is 12.1 Å². The largest absolute Gasteiger partial charge is 0.322 e. The SMILES string of the molecule is O=C(Nc1ccc(SC(F)F)cc1)N1CCC[C@H]1c1ccncc1. The van der Waals surface area contributed by atoms with Crippen LogP contribution in [-0.2, 0) is 0 Å². The highest BCUT2D eigenvalue weighted by atomic mass is 32.2. The van der Waals surface area contributed by atoms with Gasteiger partial charge in [0.2, 0.25) is 0 Å². The number of anilines is 1. The molecule has 2 heterocycles. The third kappa shape index (κ3) is 4.03. The van der Waals surface area contributed by atoms with E-state index in [0.717, 1.165) is 18.4 Å². The number of benzene rings is 1. The summed E-state index contributed by atoms with van der Waals surface area (Å²) in [4.78, 5) is 18.8. The standard InChI is InChI=1S/C17H17F2N3OS/c18-16(19)24-14-5-3-13(4-6-14)21-17(23)22-11-1-2-15(22)12-7-9-20-10-8-12/h3-10,15-16H,1-2,11H2,(H,21,23)/t15-/m0/s1. The molecule has 1 atom stereocenters. The Balaban J connectivity index is 1.66. The molecular formula is C17H17F2N3OS. The average Bonchev–Trinajstić information content (AvgIpc) is 3.07. The second kappa shape index (κ2) is 7.61. The molecule has 1 aliphatic heterocycles. The molecule has 0 bridgehead atoms. The summed E-state index contributed by atoms with van der Waals surface area (Å²) in [7, 11) is 0. The van der Waals surface area contributed by atoms with Crippen LogP contribution >= 0.6 is 11.8 Å². The Kier molecular flexibility index (Phi) is 5.30. The summed E-state index contributed by atoms with van der Waals surface area (Å²) in [6.07, 6.45) is 5.32. The van der Waals surface area contributed by atoms with Crippen LogP contribution in [0.4, 0.5) is 19.3 Å². The van der Waals surface area contributed by atoms with E-state index in [9.17, 15) is 13.6 Å². The number of hydrogen-bond acceptors (Lipinski definition) is 3. The molecule has 3 rings (SSSR count). The minimum absolute atomic E-state index is 0.0432. The van der Waals surface area contributed by atoms with Gasteiger partial charge in [0.05, 0.1) is 6.04 Å². The molecule has 24 heavy (non-hydrogen) atoms. The second-order valence-electron chi connectivity index (χ2n) is 5.47. The molecule has 0 unspecified atom stereocenters. The molecular weight excluding hydrogens is 332 g/mol. The number of likely N-dealkylation sites (tertiary alicyclic amines) is 1. The zero-order valence-corrected chi connectivity index (χ0v) is 13.7. The van der Waals surface area contributed by atoms with Crippen molar-refractivity contribution >= 4 is 23.5 Å². The number of halogens is 2. The fourth-order valence-electron chi connectivity index (χ4n) is 2.86. The minimum atomic E-state index is -2.45. The fraction of sp³-hybridized carbons (Fsp3) is 0.294. The first kappa shape index (κ1) is 16.7. The number of thioether (sulfide) groups is 1. The summed E-state index contributed by atoms with van der Waals surface area (Å²) in [6, 6.07) is 10.2. The highest BCUT2D eigenvalue weighted by Crippen LogP contribution is 2.32. The van der Waals surface area contributed by atoms with E-state index in [4.69, 9.17) is 0 Å². The lowest BCUT2D eigenvalue weighted by Crippen LogP contribution is -2.34. The number of hydrogen-bond donors (Lipinski definition) is 1. The number of alkyl halides is 2. The lowest BCUT2D eigenvalue weighted by Gasteiger charge is -2.25. The zero-order valence-electron chi connectivity index (χ0n) is 12.9. The summed E-state index contributed by atoms with van der Waals surface area (Å²) < 4.78 is 24.6. The number of nitrogens with one attached hydrogen (secondary N) is 1. The Morgan fingerprint density at radius 3 is 2.58 bits per heavy atom. The summed E-state index contributed by atoms with van der Waals surface area (Å²) in [6.45, 7) is 0.693. The summed E-state index contributed by atoms with van der Waals surface area (Å²) in [5.41, 5.74) is 1.67. The van der Waals surface area contributed by atoms with Gasteiger partial charge in [0.25, 0.3) is 5.76 Å². The van der Waals surface area contributed by atoms with Gasteiger partial charge in [-0.15, -0.1) is 0 Å². The number of rotatable bonds is 4. The fourth-order valence-corrected chi connectivity index (χ4v) is 3.36. The average molecular weight is 349 g/mol. The Morgan fingerprint density at radius 2 is 1.92 bits per heavy atom. The molecule has 2 amide bonds. The van der Waals surface area contributed by atoms with Gasteiger partial charge in [0, 0.05) is 29.5 Å². The van der Waals surface area contributed by atoms with Gasteiger partial charge in [-0.05, 0) is 54.8 Å². The number of nitrogens with zero attached hydrogens (tertiary/aromatic N) is 2. The zero-order chi connectivity index (χ0) is 16.9. The molecule has 0 aliphatic carbocycles. The maximum absolute atomic E-state index is 12.5. The Hall–Kier alpha value is -2.15. The number of urea groups is 1. The van der Waals surface area contributed by atoms with Crippen molar-refractivity contribution in [2.75, 3.05) is 11.9 Å². The van der Waals surface area contributed by atoms with E-state index < -0.39 is 5.76 Å². The van der Waals surface area contributed by atoms with E-state index in [1.54, 1.807) is 41.6 Å². The normalized spacial score (nSPS) is 17.3. The summed E-state index contributed by atoms with van der Waals surface area (Å²) in [5, 5.41) is 2.84. The van der Waals surface area contributed by atoms with Crippen LogP contribution in [0, 0.1) is 0 Å². The molecule has 0 saturated carbocycles. The third-order valence-electron chi connectivity index (χ3n) is 3.94. The van der Waals surface area contributed by atoms with E-state index in [2.05, 4.69) is 10.3 Å². The molecule has 4 nitrogen and oxygen atoms in total. The molecule has 2 aromatic rings. The first-order chi connectivity index (χ1) is 11.6. The summed E-state index contributed by atoms with van der Waals surface area (Å²) in [5.74, 6) is -2.45. The molecule has 0 radical (unpaired) electrons. The number of carbonyl (C=O) groups excluding carboxylic acids is 1. The van der Waals surface area contributed by atoms with E-state index in [0.29, 0.717) is 28.9 Å². The van der Waals surface area contributed by atoms with Crippen molar-refractivity contribution in [1.82, 2.24) is 9.88 Å². The molecule has 1 aromatic heterocycles. The number of amides is 2. The van der Waals surface area contributed by atoms with E-state index >= 15 is 0 Å². The van der Waals surface area contributed by atoms with Crippen LogP contribution < -0.4 is 5.32 Å². The van der Waals surface area contributed by atoms with Gasteiger partial charge in [-0.3, -0.25) is 4.98 Å². The highest BCUT2D eigenvalue weighted by molar-refractivity contribution is 7.99. The van der Waals surface area contributed by atoms with Crippen molar-refractivity contribution in [1.29, 1.82) is 0 Å². The molecule has 1 aliphatic rings. The quantitative estimate of drug-likeness (QED) is 0.809. The van der Waals surface area contributed by atoms with E-state index in [1.807, 2.05) is 12.1 Å². The molecule has 126 valence electrons. The van der Waals surface area contributed by atoms with Crippen LogP contribution in [0.1, 0.15) is 24.4 Å². The Morgan fingerprint density at radius 1 is 1.21 bits per heavy atom. The first-order valence-electron chi connectivity index (χ1n) is 7.66. The van der Waals surface area contributed by atoms with Crippen LogP contribution in [0.25, 0.3) is 0 Å². The summed E-state index contributed by atoms with van der Waals surface area (Å²) >= 11 is 0.487. The van der Waals surface area contributed by atoms with Gasteiger partial charge in [0.1, 0.15) is 0 Å². The van der Waals surface area contributed by atoms with Gasteiger partial charge in [-0.25, -0.2) is 4.79 Å². The first-order valence-corrected chi connectivity index (χ1v) is 8.54. The number of carbonyl (C=O) groups is 1.